The molecule has 7 nitrogen and oxygen atoms in total. The monoisotopic (exact) mass is 349 g/mol. The van der Waals surface area contributed by atoms with Gasteiger partial charge in [-0.2, -0.15) is 0 Å². The molecule has 0 spiro atoms. The number of carbonyl (C=O) groups is 1. The summed E-state index contributed by atoms with van der Waals surface area (Å²) in [6, 6.07) is 1.86. The van der Waals surface area contributed by atoms with Gasteiger partial charge in [0.15, 0.2) is 0 Å². The highest BCUT2D eigenvalue weighted by atomic mass is 32.1. The number of carbonyl (C=O) groups excluding carboxylic acids is 1. The third-order valence-corrected chi connectivity index (χ3v) is 5.24. The number of amides is 1. The summed E-state index contributed by atoms with van der Waals surface area (Å²) < 4.78 is 1.39. The summed E-state index contributed by atoms with van der Waals surface area (Å²) in [7, 11) is 0. The number of nitrogens with zero attached hydrogens (tertiary/aromatic N) is 4. The highest BCUT2D eigenvalue weighted by molar-refractivity contribution is 7.18. The molecular weight excluding hydrogens is 334 g/mol. The van der Waals surface area contributed by atoms with Crippen LogP contribution in [-0.2, 0) is 17.8 Å². The minimum atomic E-state index is -0.321. The van der Waals surface area contributed by atoms with Crippen molar-refractivity contribution in [3.05, 3.63) is 32.1 Å². The van der Waals surface area contributed by atoms with Crippen LogP contribution in [0.4, 0.5) is 5.13 Å². The fourth-order valence-electron chi connectivity index (χ4n) is 2.18. The van der Waals surface area contributed by atoms with Crippen molar-refractivity contribution in [2.75, 3.05) is 5.32 Å². The van der Waals surface area contributed by atoms with Gasteiger partial charge in [-0.25, -0.2) is 4.98 Å². The Bertz CT molecular complexity index is 940. The number of fused-ring (bicyclic) bond motifs is 1. The highest BCUT2D eigenvalue weighted by Crippen LogP contribution is 2.22. The topological polar surface area (TPSA) is 89.8 Å². The lowest BCUT2D eigenvalue weighted by Gasteiger charge is -2.08. The first-order chi connectivity index (χ1) is 11.0. The molecule has 0 saturated carbocycles. The molecular formula is C14H15N5O2S2. The molecule has 0 atom stereocenters. The van der Waals surface area contributed by atoms with Gasteiger partial charge in [0.2, 0.25) is 11.0 Å². The maximum atomic E-state index is 12.6. The van der Waals surface area contributed by atoms with E-state index in [0.29, 0.717) is 16.3 Å². The van der Waals surface area contributed by atoms with Gasteiger partial charge in [0.1, 0.15) is 22.2 Å². The molecule has 0 fully saturated rings. The van der Waals surface area contributed by atoms with E-state index in [0.717, 1.165) is 21.1 Å². The van der Waals surface area contributed by atoms with Crippen molar-refractivity contribution < 1.29 is 4.79 Å². The first kappa shape index (κ1) is 15.8. The van der Waals surface area contributed by atoms with Crippen LogP contribution in [0.3, 0.4) is 0 Å². The summed E-state index contributed by atoms with van der Waals surface area (Å²) >= 11 is 2.81. The molecule has 1 amide bonds. The van der Waals surface area contributed by atoms with Gasteiger partial charge in [-0.1, -0.05) is 18.3 Å². The molecule has 0 saturated heterocycles. The van der Waals surface area contributed by atoms with Crippen molar-refractivity contribution >= 4 is 43.9 Å². The second-order valence-electron chi connectivity index (χ2n) is 5.01. The van der Waals surface area contributed by atoms with Crippen LogP contribution < -0.4 is 10.9 Å². The van der Waals surface area contributed by atoms with E-state index in [1.165, 1.54) is 27.2 Å². The summed E-state index contributed by atoms with van der Waals surface area (Å²) in [5.41, 5.74) is -0.188. The summed E-state index contributed by atoms with van der Waals surface area (Å²) in [4.78, 5) is 31.0. The standard InChI is InChI=1S/C14H15N5O2S2/c1-4-9-5-10-12(23-9)15-7(2)19(13(10)21)6-11(20)16-14-18-17-8(3)22-14/h5H,4,6H2,1-3H3,(H,16,18,20). The molecule has 3 heterocycles. The number of hydrogen-bond donors (Lipinski definition) is 1. The molecule has 9 heteroatoms. The van der Waals surface area contributed by atoms with Gasteiger partial charge in [0.25, 0.3) is 5.56 Å². The van der Waals surface area contributed by atoms with Crippen LogP contribution in [0, 0.1) is 13.8 Å². The molecule has 3 aromatic rings. The number of aromatic nitrogens is 4. The minimum Gasteiger partial charge on any atom is -0.299 e. The fourth-order valence-corrected chi connectivity index (χ4v) is 3.79. The van der Waals surface area contributed by atoms with Crippen LogP contribution in [0.5, 0.6) is 0 Å². The van der Waals surface area contributed by atoms with Gasteiger partial charge in [0.05, 0.1) is 5.39 Å². The second kappa shape index (κ2) is 6.17. The summed E-state index contributed by atoms with van der Waals surface area (Å²) in [5, 5.41) is 12.1. The molecule has 0 radical (unpaired) electrons. The Hall–Kier alpha value is -2.13. The lowest BCUT2D eigenvalue weighted by molar-refractivity contribution is -0.116. The van der Waals surface area contributed by atoms with Crippen LogP contribution in [0.1, 0.15) is 22.6 Å². The summed E-state index contributed by atoms with van der Waals surface area (Å²) in [6.45, 7) is 5.48. The molecule has 3 rings (SSSR count). The first-order valence-electron chi connectivity index (χ1n) is 7.07. The summed E-state index contributed by atoms with van der Waals surface area (Å²) in [5.74, 6) is 0.203. The third-order valence-electron chi connectivity index (χ3n) is 3.32. The fraction of sp³-hybridized carbons (Fsp3) is 0.357. The quantitative estimate of drug-likeness (QED) is 0.779. The maximum Gasteiger partial charge on any atom is 0.262 e. The van der Waals surface area contributed by atoms with Gasteiger partial charge in [-0.3, -0.25) is 19.5 Å². The van der Waals surface area contributed by atoms with E-state index in [1.54, 1.807) is 6.92 Å². The van der Waals surface area contributed by atoms with E-state index in [2.05, 4.69) is 20.5 Å². The molecule has 0 bridgehead atoms. The predicted octanol–water partition coefficient (Wildman–Crippen LogP) is 2.13. The van der Waals surface area contributed by atoms with E-state index >= 15 is 0 Å². The largest absolute Gasteiger partial charge is 0.299 e. The van der Waals surface area contributed by atoms with Crippen LogP contribution in [0.2, 0.25) is 0 Å². The Labute approximate surface area is 140 Å². The molecule has 0 aliphatic carbocycles. The van der Waals surface area contributed by atoms with Crippen LogP contribution in [-0.4, -0.2) is 25.7 Å². The van der Waals surface area contributed by atoms with E-state index in [4.69, 9.17) is 0 Å². The zero-order valence-corrected chi connectivity index (χ0v) is 14.5. The molecule has 23 heavy (non-hydrogen) atoms. The van der Waals surface area contributed by atoms with Crippen molar-refractivity contribution in [1.29, 1.82) is 0 Å². The van der Waals surface area contributed by atoms with Crippen molar-refractivity contribution in [2.24, 2.45) is 0 Å². The van der Waals surface area contributed by atoms with E-state index in [9.17, 15) is 9.59 Å². The van der Waals surface area contributed by atoms with Crippen molar-refractivity contribution in [1.82, 2.24) is 19.7 Å². The molecule has 0 aliphatic rings. The molecule has 120 valence electrons. The number of thiophene rings is 1. The van der Waals surface area contributed by atoms with Crippen molar-refractivity contribution in [3.8, 4) is 0 Å². The van der Waals surface area contributed by atoms with Gasteiger partial charge in [-0.15, -0.1) is 21.5 Å². The number of aryl methyl sites for hydroxylation is 3. The molecule has 0 aliphatic heterocycles. The Kier molecular flexibility index (Phi) is 4.22. The Morgan fingerprint density at radius 2 is 2.09 bits per heavy atom. The van der Waals surface area contributed by atoms with Gasteiger partial charge in [-0.05, 0) is 26.3 Å². The van der Waals surface area contributed by atoms with E-state index < -0.39 is 0 Å². The lowest BCUT2D eigenvalue weighted by atomic mass is 10.3. The Balaban J connectivity index is 1.90. The number of nitrogens with one attached hydrogen (secondary N) is 1. The van der Waals surface area contributed by atoms with Gasteiger partial charge in [0, 0.05) is 4.88 Å². The second-order valence-corrected chi connectivity index (χ2v) is 7.31. The minimum absolute atomic E-state index is 0.0937. The van der Waals surface area contributed by atoms with Gasteiger partial charge < -0.3 is 0 Å². The third kappa shape index (κ3) is 3.15. The summed E-state index contributed by atoms with van der Waals surface area (Å²) in [6.07, 6.45) is 0.858. The Morgan fingerprint density at radius 1 is 1.30 bits per heavy atom. The smallest absolute Gasteiger partial charge is 0.262 e. The zero-order valence-electron chi connectivity index (χ0n) is 12.9. The highest BCUT2D eigenvalue weighted by Gasteiger charge is 2.14. The number of hydrogen-bond acceptors (Lipinski definition) is 7. The average Bonchev–Trinajstić information content (AvgIpc) is 3.09. The van der Waals surface area contributed by atoms with E-state index in [1.807, 2.05) is 19.9 Å². The maximum absolute atomic E-state index is 12.6. The van der Waals surface area contributed by atoms with Crippen LogP contribution in [0.15, 0.2) is 10.9 Å². The number of anilines is 1. The van der Waals surface area contributed by atoms with E-state index in [-0.39, 0.29) is 18.0 Å². The van der Waals surface area contributed by atoms with Crippen LogP contribution in [0.25, 0.3) is 10.2 Å². The predicted molar refractivity (Wildman–Crippen MR) is 91.3 cm³/mol. The average molecular weight is 349 g/mol. The number of rotatable bonds is 4. The first-order valence-corrected chi connectivity index (χ1v) is 8.71. The normalized spacial score (nSPS) is 11.1. The molecule has 0 aromatic carbocycles. The molecule has 3 aromatic heterocycles. The molecule has 1 N–H and O–H groups in total. The molecule has 0 unspecified atom stereocenters. The van der Waals surface area contributed by atoms with Gasteiger partial charge >= 0.3 is 0 Å². The van der Waals surface area contributed by atoms with Crippen molar-refractivity contribution in [2.45, 2.75) is 33.7 Å². The van der Waals surface area contributed by atoms with Crippen LogP contribution >= 0.6 is 22.7 Å². The van der Waals surface area contributed by atoms with Crippen molar-refractivity contribution in [3.63, 3.8) is 0 Å². The zero-order chi connectivity index (χ0) is 16.6. The SMILES string of the molecule is CCc1cc2c(=O)n(CC(=O)Nc3nnc(C)s3)c(C)nc2s1. The lowest BCUT2D eigenvalue weighted by Crippen LogP contribution is -2.29. The Morgan fingerprint density at radius 3 is 2.74 bits per heavy atom.